The molecule has 5 nitrogen and oxygen atoms in total. The maximum Gasteiger partial charge on any atom is 0.285 e. The van der Waals surface area contributed by atoms with Crippen LogP contribution in [-0.4, -0.2) is 29.9 Å². The minimum atomic E-state index is -0.291. The Morgan fingerprint density at radius 2 is 1.85 bits per heavy atom. The summed E-state index contributed by atoms with van der Waals surface area (Å²) in [6.07, 6.45) is 2.49. The van der Waals surface area contributed by atoms with Gasteiger partial charge in [-0.3, -0.25) is 25.2 Å². The molecule has 0 atom stereocenters. The summed E-state index contributed by atoms with van der Waals surface area (Å²) in [7, 11) is 0. The summed E-state index contributed by atoms with van der Waals surface area (Å²) in [5.41, 5.74) is 1.61. The van der Waals surface area contributed by atoms with E-state index in [0.29, 0.717) is 12.1 Å². The highest BCUT2D eigenvalue weighted by Crippen LogP contribution is 2.03. The van der Waals surface area contributed by atoms with E-state index in [9.17, 15) is 9.59 Å². The Kier molecular flexibility index (Phi) is 6.79. The largest absolute Gasteiger partial charge is 0.292 e. The molecule has 108 valence electrons. The van der Waals surface area contributed by atoms with Crippen LogP contribution in [0.1, 0.15) is 29.3 Å². The van der Waals surface area contributed by atoms with Gasteiger partial charge in [0, 0.05) is 12.1 Å². The summed E-state index contributed by atoms with van der Waals surface area (Å²) in [6.45, 7) is 4.46. The van der Waals surface area contributed by atoms with Crippen LogP contribution in [0.3, 0.4) is 0 Å². The molecule has 0 radical (unpaired) electrons. The first-order valence-corrected chi connectivity index (χ1v) is 7.56. The highest BCUT2D eigenvalue weighted by Gasteiger charge is 2.10. The van der Waals surface area contributed by atoms with Crippen molar-refractivity contribution in [2.24, 2.45) is 4.99 Å². The summed E-state index contributed by atoms with van der Waals surface area (Å²) < 4.78 is 0. The zero-order valence-corrected chi connectivity index (χ0v) is 12.7. The highest BCUT2D eigenvalue weighted by molar-refractivity contribution is 8.13. The number of nitrogens with one attached hydrogen (secondary N) is 2. The van der Waals surface area contributed by atoms with E-state index >= 15 is 0 Å². The predicted octanol–water partition coefficient (Wildman–Crippen LogP) is 2.56. The molecule has 0 saturated heterocycles. The van der Waals surface area contributed by atoms with E-state index in [1.165, 1.54) is 0 Å². The minimum Gasteiger partial charge on any atom is -0.292 e. The second-order valence-corrected chi connectivity index (χ2v) is 4.95. The lowest BCUT2D eigenvalue weighted by Gasteiger charge is -2.09. The highest BCUT2D eigenvalue weighted by atomic mass is 32.2. The molecular formula is C14H19N3O2S. The first-order chi connectivity index (χ1) is 9.56. The van der Waals surface area contributed by atoms with Crippen molar-refractivity contribution in [3.05, 3.63) is 35.4 Å². The molecule has 20 heavy (non-hydrogen) atoms. The van der Waals surface area contributed by atoms with Crippen LogP contribution >= 0.6 is 11.8 Å². The molecule has 0 bridgehead atoms. The molecule has 1 rings (SSSR count). The standard InChI is InChI=1S/C14H19N3O2S/c1-4-9-15-13(17-14(19)20-3)16-12(18)11-7-5-10(2)6-8-11/h5-8H,4,9H2,1-3H3,(H2,15,16,17,18,19). The molecule has 0 fully saturated rings. The Morgan fingerprint density at radius 3 is 2.40 bits per heavy atom. The lowest BCUT2D eigenvalue weighted by molar-refractivity contribution is 0.0976. The molecule has 0 unspecified atom stereocenters. The number of hydrogen-bond donors (Lipinski definition) is 2. The fourth-order valence-electron chi connectivity index (χ4n) is 1.37. The molecule has 2 N–H and O–H groups in total. The van der Waals surface area contributed by atoms with Gasteiger partial charge in [0.15, 0.2) is 0 Å². The van der Waals surface area contributed by atoms with Crippen molar-refractivity contribution < 1.29 is 9.59 Å². The lowest BCUT2D eigenvalue weighted by Crippen LogP contribution is -2.42. The number of hydrogen-bond acceptors (Lipinski definition) is 4. The molecular weight excluding hydrogens is 274 g/mol. The minimum absolute atomic E-state index is 0.191. The first-order valence-electron chi connectivity index (χ1n) is 6.34. The van der Waals surface area contributed by atoms with Crippen molar-refractivity contribution in [1.29, 1.82) is 0 Å². The van der Waals surface area contributed by atoms with Gasteiger partial charge in [-0.15, -0.1) is 0 Å². The Morgan fingerprint density at radius 1 is 1.20 bits per heavy atom. The molecule has 0 aromatic heterocycles. The molecule has 2 amide bonds. The first kappa shape index (κ1) is 16.2. The smallest absolute Gasteiger partial charge is 0.285 e. The van der Waals surface area contributed by atoms with Crippen molar-refractivity contribution in [1.82, 2.24) is 10.6 Å². The maximum absolute atomic E-state index is 12.0. The van der Waals surface area contributed by atoms with Crippen LogP contribution in [0.2, 0.25) is 0 Å². The topological polar surface area (TPSA) is 70.6 Å². The summed E-state index contributed by atoms with van der Waals surface area (Å²) in [6, 6.07) is 7.19. The van der Waals surface area contributed by atoms with Crippen molar-refractivity contribution >= 4 is 28.9 Å². The monoisotopic (exact) mass is 293 g/mol. The third kappa shape index (κ3) is 5.44. The van der Waals surface area contributed by atoms with E-state index < -0.39 is 0 Å². The van der Waals surface area contributed by atoms with Gasteiger partial charge in [-0.2, -0.15) is 0 Å². The molecule has 1 aromatic carbocycles. The van der Waals surface area contributed by atoms with Gasteiger partial charge in [0.2, 0.25) is 5.96 Å². The number of benzene rings is 1. The van der Waals surface area contributed by atoms with E-state index in [2.05, 4.69) is 15.6 Å². The number of guanidine groups is 1. The van der Waals surface area contributed by atoms with Gasteiger partial charge in [0.1, 0.15) is 0 Å². The van der Waals surface area contributed by atoms with Crippen LogP contribution in [0.4, 0.5) is 4.79 Å². The average Bonchev–Trinajstić information content (AvgIpc) is 2.45. The van der Waals surface area contributed by atoms with Gasteiger partial charge in [-0.1, -0.05) is 36.4 Å². The zero-order valence-electron chi connectivity index (χ0n) is 11.9. The molecule has 0 saturated carbocycles. The molecule has 0 aliphatic carbocycles. The number of rotatable bonds is 3. The van der Waals surface area contributed by atoms with Crippen LogP contribution in [0.25, 0.3) is 0 Å². The Labute approximate surface area is 123 Å². The van der Waals surface area contributed by atoms with Crippen LogP contribution in [-0.2, 0) is 0 Å². The maximum atomic E-state index is 12.0. The van der Waals surface area contributed by atoms with Crippen molar-refractivity contribution in [3.63, 3.8) is 0 Å². The normalized spacial score (nSPS) is 11.1. The molecule has 0 aliphatic rings. The number of amides is 2. The van der Waals surface area contributed by atoms with E-state index in [0.717, 1.165) is 23.7 Å². The van der Waals surface area contributed by atoms with Crippen molar-refractivity contribution in [2.75, 3.05) is 12.8 Å². The van der Waals surface area contributed by atoms with Crippen LogP contribution in [0, 0.1) is 6.92 Å². The van der Waals surface area contributed by atoms with Gasteiger partial charge in [-0.25, -0.2) is 0 Å². The van der Waals surface area contributed by atoms with E-state index in [4.69, 9.17) is 0 Å². The summed E-state index contributed by atoms with van der Waals surface area (Å²) >= 11 is 1.03. The molecule has 6 heteroatoms. The second-order valence-electron chi connectivity index (χ2n) is 4.17. The molecule has 0 aliphatic heterocycles. The molecule has 0 heterocycles. The Hall–Kier alpha value is -1.82. The predicted molar refractivity (Wildman–Crippen MR) is 83.3 cm³/mol. The van der Waals surface area contributed by atoms with E-state index in [1.54, 1.807) is 18.4 Å². The van der Waals surface area contributed by atoms with E-state index in [1.807, 2.05) is 26.0 Å². The number of nitrogens with zero attached hydrogens (tertiary/aromatic N) is 1. The lowest BCUT2D eigenvalue weighted by atomic mass is 10.1. The second kappa shape index (κ2) is 8.37. The quantitative estimate of drug-likeness (QED) is 0.664. The van der Waals surface area contributed by atoms with Crippen LogP contribution in [0.5, 0.6) is 0 Å². The third-order valence-corrected chi connectivity index (χ3v) is 2.92. The Balaban J connectivity index is 2.75. The van der Waals surface area contributed by atoms with Crippen molar-refractivity contribution in [2.45, 2.75) is 20.3 Å². The van der Waals surface area contributed by atoms with Crippen LogP contribution in [0.15, 0.2) is 29.3 Å². The number of carbonyl (C=O) groups excluding carboxylic acids is 2. The van der Waals surface area contributed by atoms with Gasteiger partial charge >= 0.3 is 0 Å². The zero-order chi connectivity index (χ0) is 15.0. The van der Waals surface area contributed by atoms with Crippen molar-refractivity contribution in [3.8, 4) is 0 Å². The van der Waals surface area contributed by atoms with Gasteiger partial charge in [0.25, 0.3) is 11.1 Å². The Bertz CT molecular complexity index is 498. The third-order valence-electron chi connectivity index (χ3n) is 2.45. The van der Waals surface area contributed by atoms with Crippen LogP contribution < -0.4 is 10.6 Å². The number of aryl methyl sites for hydroxylation is 1. The summed E-state index contributed by atoms with van der Waals surface area (Å²) in [5, 5.41) is 4.91. The van der Waals surface area contributed by atoms with Gasteiger partial charge in [0.05, 0.1) is 0 Å². The van der Waals surface area contributed by atoms with Gasteiger partial charge < -0.3 is 0 Å². The van der Waals surface area contributed by atoms with E-state index in [-0.39, 0.29) is 17.1 Å². The SMILES string of the molecule is CCCN=C(NC(=O)SC)NC(=O)c1ccc(C)cc1. The molecule has 0 spiro atoms. The fraction of sp³-hybridized carbons (Fsp3) is 0.357. The fourth-order valence-corrected chi connectivity index (χ4v) is 1.56. The number of thioether (sulfide) groups is 1. The number of aliphatic imine (C=N–C) groups is 1. The summed E-state index contributed by atoms with van der Waals surface area (Å²) in [4.78, 5) is 27.6. The average molecular weight is 293 g/mol. The number of carbonyl (C=O) groups is 2. The summed E-state index contributed by atoms with van der Waals surface area (Å²) in [5.74, 6) is -0.0990. The van der Waals surface area contributed by atoms with Gasteiger partial charge in [-0.05, 0) is 31.7 Å². The molecule has 1 aromatic rings.